The molecule has 0 spiro atoms. The molecule has 1 aliphatic heterocycles. The summed E-state index contributed by atoms with van der Waals surface area (Å²) in [7, 11) is 1.99. The number of rotatable bonds is 2. The van der Waals surface area contributed by atoms with E-state index in [0.29, 0.717) is 6.04 Å². The number of carbonyl (C=O) groups excluding carboxylic acids is 1. The first-order valence-electron chi connectivity index (χ1n) is 7.76. The van der Waals surface area contributed by atoms with Gasteiger partial charge in [0.15, 0.2) is 0 Å². The first kappa shape index (κ1) is 12.7. The Morgan fingerprint density at radius 2 is 1.90 bits per heavy atom. The highest BCUT2D eigenvalue weighted by Crippen LogP contribution is 2.38. The highest BCUT2D eigenvalue weighted by atomic mass is 16.2. The van der Waals surface area contributed by atoms with Crippen LogP contribution in [0.2, 0.25) is 0 Å². The van der Waals surface area contributed by atoms with Gasteiger partial charge in [-0.3, -0.25) is 4.79 Å². The van der Waals surface area contributed by atoms with E-state index in [1.54, 1.807) is 0 Å². The van der Waals surface area contributed by atoms with Crippen molar-refractivity contribution in [2.75, 3.05) is 6.54 Å². The van der Waals surface area contributed by atoms with E-state index in [2.05, 4.69) is 23.1 Å². The first-order chi connectivity index (χ1) is 10.2. The summed E-state index contributed by atoms with van der Waals surface area (Å²) in [5.41, 5.74) is 3.06. The minimum absolute atomic E-state index is 0.201. The quantitative estimate of drug-likeness (QED) is 0.828. The highest BCUT2D eigenvalue weighted by Gasteiger charge is 2.41. The fourth-order valence-electron chi connectivity index (χ4n) is 3.95. The number of hydrogen-bond acceptors (Lipinski definition) is 1. The van der Waals surface area contributed by atoms with Crippen molar-refractivity contribution in [3.63, 3.8) is 0 Å². The predicted octanol–water partition coefficient (Wildman–Crippen LogP) is 3.32. The minimum atomic E-state index is 0.201. The van der Waals surface area contributed by atoms with Crippen LogP contribution < -0.4 is 0 Å². The molecule has 4 rings (SSSR count). The molecule has 2 fully saturated rings. The van der Waals surface area contributed by atoms with Gasteiger partial charge in [0, 0.05) is 25.3 Å². The van der Waals surface area contributed by atoms with Crippen LogP contribution in [0.3, 0.4) is 0 Å². The number of likely N-dealkylation sites (tertiary alicyclic amines) is 1. The molecule has 3 heteroatoms. The lowest BCUT2D eigenvalue weighted by atomic mass is 10.1. The van der Waals surface area contributed by atoms with Gasteiger partial charge in [-0.2, -0.15) is 0 Å². The number of nitrogens with zero attached hydrogens (tertiary/aromatic N) is 2. The number of hydrogen-bond donors (Lipinski definition) is 0. The first-order valence-corrected chi connectivity index (χ1v) is 7.76. The smallest absolute Gasteiger partial charge is 0.270 e. The summed E-state index contributed by atoms with van der Waals surface area (Å²) in [5, 5.41) is 0. The van der Waals surface area contributed by atoms with Gasteiger partial charge in [0.05, 0.1) is 0 Å². The molecule has 1 amide bonds. The van der Waals surface area contributed by atoms with Crippen molar-refractivity contribution in [3.05, 3.63) is 48.2 Å². The molecule has 2 unspecified atom stereocenters. The number of fused-ring (bicyclic) bond motifs is 2. The lowest BCUT2D eigenvalue weighted by Crippen LogP contribution is -2.38. The second-order valence-electron chi connectivity index (χ2n) is 6.32. The van der Waals surface area contributed by atoms with Gasteiger partial charge in [0.1, 0.15) is 5.69 Å². The molecule has 2 aliphatic rings. The summed E-state index contributed by atoms with van der Waals surface area (Å²) in [6, 6.07) is 14.8. The van der Waals surface area contributed by atoms with Gasteiger partial charge in [-0.05, 0) is 42.9 Å². The van der Waals surface area contributed by atoms with Crippen molar-refractivity contribution in [1.29, 1.82) is 0 Å². The Morgan fingerprint density at radius 1 is 1.10 bits per heavy atom. The normalized spacial score (nSPS) is 23.8. The molecule has 1 saturated carbocycles. The van der Waals surface area contributed by atoms with Crippen LogP contribution in [-0.2, 0) is 7.05 Å². The lowest BCUT2D eigenvalue weighted by molar-refractivity contribution is 0.0694. The molecule has 2 bridgehead atoms. The second-order valence-corrected chi connectivity index (χ2v) is 6.32. The molecular weight excluding hydrogens is 260 g/mol. The van der Waals surface area contributed by atoms with Gasteiger partial charge in [-0.1, -0.05) is 30.3 Å². The Bertz CT molecular complexity index is 674. The van der Waals surface area contributed by atoms with E-state index in [9.17, 15) is 4.79 Å². The SMILES string of the molecule is Cn1c(C(=O)N2CC3CCC2C3)ccc1-c1ccccc1. The van der Waals surface area contributed by atoms with Crippen LogP contribution in [0.1, 0.15) is 29.8 Å². The maximum Gasteiger partial charge on any atom is 0.270 e. The summed E-state index contributed by atoms with van der Waals surface area (Å²) in [5.74, 6) is 0.944. The summed E-state index contributed by atoms with van der Waals surface area (Å²) < 4.78 is 2.03. The Balaban J connectivity index is 1.65. The van der Waals surface area contributed by atoms with E-state index >= 15 is 0 Å². The van der Waals surface area contributed by atoms with Crippen molar-refractivity contribution >= 4 is 5.91 Å². The van der Waals surface area contributed by atoms with Crippen molar-refractivity contribution in [1.82, 2.24) is 9.47 Å². The van der Waals surface area contributed by atoms with Crippen LogP contribution in [0.15, 0.2) is 42.5 Å². The van der Waals surface area contributed by atoms with Gasteiger partial charge >= 0.3 is 0 Å². The zero-order valence-corrected chi connectivity index (χ0v) is 12.3. The van der Waals surface area contributed by atoms with Crippen LogP contribution in [0.5, 0.6) is 0 Å². The fraction of sp³-hybridized carbons (Fsp3) is 0.389. The van der Waals surface area contributed by atoms with Crippen LogP contribution >= 0.6 is 0 Å². The monoisotopic (exact) mass is 280 g/mol. The molecule has 2 atom stereocenters. The minimum Gasteiger partial charge on any atom is -0.340 e. The van der Waals surface area contributed by atoms with Gasteiger partial charge in [-0.25, -0.2) is 0 Å². The third kappa shape index (κ3) is 1.99. The van der Waals surface area contributed by atoms with Crippen LogP contribution in [-0.4, -0.2) is 28.0 Å². The zero-order valence-electron chi connectivity index (χ0n) is 12.3. The van der Waals surface area contributed by atoms with E-state index in [0.717, 1.165) is 29.4 Å². The van der Waals surface area contributed by atoms with E-state index in [4.69, 9.17) is 0 Å². The number of amides is 1. The van der Waals surface area contributed by atoms with Gasteiger partial charge in [0.2, 0.25) is 0 Å². The lowest BCUT2D eigenvalue weighted by Gasteiger charge is -2.27. The molecule has 3 nitrogen and oxygen atoms in total. The van der Waals surface area contributed by atoms with Gasteiger partial charge in [0.25, 0.3) is 5.91 Å². The van der Waals surface area contributed by atoms with Crippen molar-refractivity contribution in [2.24, 2.45) is 13.0 Å². The summed E-state index contributed by atoms with van der Waals surface area (Å²) >= 11 is 0. The number of aromatic nitrogens is 1. The van der Waals surface area contributed by atoms with E-state index < -0.39 is 0 Å². The Kier molecular flexibility index (Phi) is 2.88. The Labute approximate surface area is 125 Å². The Hall–Kier alpha value is -2.03. The molecule has 2 heterocycles. The molecule has 1 saturated heterocycles. The van der Waals surface area contributed by atoms with Crippen LogP contribution in [0.4, 0.5) is 0 Å². The third-order valence-electron chi connectivity index (χ3n) is 5.08. The van der Waals surface area contributed by atoms with Crippen LogP contribution in [0, 0.1) is 5.92 Å². The van der Waals surface area contributed by atoms with Crippen molar-refractivity contribution in [2.45, 2.75) is 25.3 Å². The average Bonchev–Trinajstić information content (AvgIpc) is 3.22. The molecule has 21 heavy (non-hydrogen) atoms. The molecule has 2 aromatic rings. The molecule has 1 aromatic carbocycles. The summed E-state index contributed by atoms with van der Waals surface area (Å²) in [6.07, 6.45) is 3.70. The van der Waals surface area contributed by atoms with E-state index in [1.807, 2.05) is 35.9 Å². The maximum atomic E-state index is 12.8. The van der Waals surface area contributed by atoms with Crippen molar-refractivity contribution < 1.29 is 4.79 Å². The fourth-order valence-corrected chi connectivity index (χ4v) is 3.95. The molecular formula is C18H20N2O. The molecule has 1 aromatic heterocycles. The highest BCUT2D eigenvalue weighted by molar-refractivity contribution is 5.94. The molecule has 1 aliphatic carbocycles. The number of carbonyl (C=O) groups is 1. The third-order valence-corrected chi connectivity index (χ3v) is 5.08. The van der Waals surface area contributed by atoms with Crippen molar-refractivity contribution in [3.8, 4) is 11.3 Å². The average molecular weight is 280 g/mol. The standard InChI is InChI=1S/C18H20N2O/c1-19-16(14-5-3-2-4-6-14)9-10-17(19)18(21)20-12-13-7-8-15(20)11-13/h2-6,9-10,13,15H,7-8,11-12H2,1H3. The van der Waals surface area contributed by atoms with Gasteiger partial charge in [-0.15, -0.1) is 0 Å². The zero-order chi connectivity index (χ0) is 14.4. The largest absolute Gasteiger partial charge is 0.340 e. The molecule has 0 radical (unpaired) electrons. The van der Waals surface area contributed by atoms with E-state index in [1.165, 1.54) is 19.3 Å². The summed E-state index contributed by atoms with van der Waals surface area (Å²) in [4.78, 5) is 14.9. The number of piperidine rings is 1. The number of benzene rings is 1. The molecule has 0 N–H and O–H groups in total. The molecule has 108 valence electrons. The summed E-state index contributed by atoms with van der Waals surface area (Å²) in [6.45, 7) is 0.954. The van der Waals surface area contributed by atoms with Gasteiger partial charge < -0.3 is 9.47 Å². The topological polar surface area (TPSA) is 25.2 Å². The Morgan fingerprint density at radius 3 is 2.57 bits per heavy atom. The van der Waals surface area contributed by atoms with E-state index in [-0.39, 0.29) is 5.91 Å². The second kappa shape index (κ2) is 4.76. The predicted molar refractivity (Wildman–Crippen MR) is 83.0 cm³/mol. The maximum absolute atomic E-state index is 12.8. The van der Waals surface area contributed by atoms with Crippen LogP contribution in [0.25, 0.3) is 11.3 Å².